The molecule has 0 bridgehead atoms. The number of likely N-dealkylation sites (tertiary alicyclic amines) is 1. The van der Waals surface area contributed by atoms with Crippen LogP contribution in [0.25, 0.3) is 0 Å². The van der Waals surface area contributed by atoms with Crippen LogP contribution in [0.15, 0.2) is 12.3 Å². The predicted octanol–water partition coefficient (Wildman–Crippen LogP) is 0.798. The van der Waals surface area contributed by atoms with Crippen LogP contribution < -0.4 is 10.5 Å². The minimum Gasteiger partial charge on any atom is -0.463 e. The molecule has 1 saturated heterocycles. The van der Waals surface area contributed by atoms with Crippen molar-refractivity contribution in [2.75, 3.05) is 20.2 Å². The molecule has 5 heteroatoms. The summed E-state index contributed by atoms with van der Waals surface area (Å²) in [6.07, 6.45) is 5.28. The second-order valence-electron chi connectivity index (χ2n) is 4.45. The monoisotopic (exact) mass is 236 g/mol. The Morgan fingerprint density at radius 3 is 3.18 bits per heavy atom. The summed E-state index contributed by atoms with van der Waals surface area (Å²) in [6, 6.07) is 2.89. The highest BCUT2D eigenvalue weighted by molar-refractivity contribution is 5.04. The van der Waals surface area contributed by atoms with E-state index in [2.05, 4.69) is 21.9 Å². The lowest BCUT2D eigenvalue weighted by Gasteiger charge is -2.18. The maximum atomic E-state index is 5.55. The second kappa shape index (κ2) is 5.93. The van der Waals surface area contributed by atoms with Gasteiger partial charge in [-0.05, 0) is 38.9 Å². The van der Waals surface area contributed by atoms with E-state index in [9.17, 15) is 0 Å². The SMILES string of the molecule is CN1CCCC1CCOc1nccc(CN)n1. The Balaban J connectivity index is 1.77. The van der Waals surface area contributed by atoms with E-state index in [-0.39, 0.29) is 0 Å². The van der Waals surface area contributed by atoms with Crippen LogP contribution >= 0.6 is 0 Å². The molecular formula is C12H20N4O. The van der Waals surface area contributed by atoms with Gasteiger partial charge in [0.2, 0.25) is 0 Å². The molecule has 2 N–H and O–H groups in total. The summed E-state index contributed by atoms with van der Waals surface area (Å²) < 4.78 is 5.55. The van der Waals surface area contributed by atoms with Crippen molar-refractivity contribution in [2.45, 2.75) is 31.8 Å². The molecule has 2 rings (SSSR count). The third-order valence-corrected chi connectivity index (χ3v) is 3.25. The van der Waals surface area contributed by atoms with Crippen LogP contribution in [0.3, 0.4) is 0 Å². The van der Waals surface area contributed by atoms with E-state index in [0.29, 0.717) is 25.2 Å². The normalized spacial score (nSPS) is 20.7. The highest BCUT2D eigenvalue weighted by Crippen LogP contribution is 2.17. The molecule has 1 aliphatic rings. The number of hydrogen-bond donors (Lipinski definition) is 1. The first-order chi connectivity index (χ1) is 8.29. The number of ether oxygens (including phenoxy) is 1. The Hall–Kier alpha value is -1.20. The first-order valence-corrected chi connectivity index (χ1v) is 6.14. The van der Waals surface area contributed by atoms with E-state index in [4.69, 9.17) is 10.5 Å². The Labute approximate surface area is 102 Å². The van der Waals surface area contributed by atoms with Crippen molar-refractivity contribution in [3.8, 4) is 6.01 Å². The Morgan fingerprint density at radius 2 is 2.47 bits per heavy atom. The molecule has 1 aromatic rings. The fourth-order valence-corrected chi connectivity index (χ4v) is 2.19. The molecule has 1 atom stereocenters. The largest absolute Gasteiger partial charge is 0.463 e. The quantitative estimate of drug-likeness (QED) is 0.819. The lowest BCUT2D eigenvalue weighted by Crippen LogP contribution is -2.26. The number of hydrogen-bond acceptors (Lipinski definition) is 5. The van der Waals surface area contributed by atoms with Crippen LogP contribution in [0.4, 0.5) is 0 Å². The van der Waals surface area contributed by atoms with Gasteiger partial charge in [0.15, 0.2) is 0 Å². The fourth-order valence-electron chi connectivity index (χ4n) is 2.19. The maximum Gasteiger partial charge on any atom is 0.316 e. The third kappa shape index (κ3) is 3.38. The zero-order valence-electron chi connectivity index (χ0n) is 10.3. The third-order valence-electron chi connectivity index (χ3n) is 3.25. The topological polar surface area (TPSA) is 64.3 Å². The molecule has 0 radical (unpaired) electrons. The molecule has 1 aliphatic heterocycles. The van der Waals surface area contributed by atoms with Crippen LogP contribution in [0.5, 0.6) is 6.01 Å². The minimum atomic E-state index is 0.421. The van der Waals surface area contributed by atoms with Crippen molar-refractivity contribution in [2.24, 2.45) is 5.73 Å². The van der Waals surface area contributed by atoms with Gasteiger partial charge in [0, 0.05) is 18.8 Å². The van der Waals surface area contributed by atoms with Crippen LogP contribution in [0.2, 0.25) is 0 Å². The molecule has 0 saturated carbocycles. The van der Waals surface area contributed by atoms with Crippen LogP contribution in [0, 0.1) is 0 Å². The number of nitrogens with two attached hydrogens (primary N) is 1. The summed E-state index contributed by atoms with van der Waals surface area (Å²) in [5.74, 6) is 0. The van der Waals surface area contributed by atoms with Gasteiger partial charge in [-0.3, -0.25) is 0 Å². The number of aromatic nitrogens is 2. The van der Waals surface area contributed by atoms with Crippen molar-refractivity contribution in [1.29, 1.82) is 0 Å². The van der Waals surface area contributed by atoms with Crippen LogP contribution in [-0.4, -0.2) is 41.1 Å². The summed E-state index contributed by atoms with van der Waals surface area (Å²) in [4.78, 5) is 10.7. The van der Waals surface area contributed by atoms with Crippen LogP contribution in [-0.2, 0) is 6.54 Å². The molecule has 17 heavy (non-hydrogen) atoms. The standard InChI is InChI=1S/C12H20N4O/c1-16-7-2-3-11(16)5-8-17-12-14-6-4-10(9-13)15-12/h4,6,11H,2-3,5,7-9,13H2,1H3. The molecule has 0 amide bonds. The second-order valence-corrected chi connectivity index (χ2v) is 4.45. The van der Waals surface area contributed by atoms with E-state index in [0.717, 1.165) is 12.1 Å². The maximum absolute atomic E-state index is 5.55. The average molecular weight is 236 g/mol. The van der Waals surface area contributed by atoms with Gasteiger partial charge in [0.25, 0.3) is 0 Å². The number of rotatable bonds is 5. The molecule has 1 aromatic heterocycles. The van der Waals surface area contributed by atoms with E-state index < -0.39 is 0 Å². The molecular weight excluding hydrogens is 216 g/mol. The Bertz CT molecular complexity index is 358. The van der Waals surface area contributed by atoms with Gasteiger partial charge >= 0.3 is 6.01 Å². The Kier molecular flexibility index (Phi) is 4.28. The molecule has 94 valence electrons. The summed E-state index contributed by atoms with van der Waals surface area (Å²) in [7, 11) is 2.17. The first kappa shape index (κ1) is 12.3. The summed E-state index contributed by atoms with van der Waals surface area (Å²) >= 11 is 0. The lowest BCUT2D eigenvalue weighted by molar-refractivity contribution is 0.222. The highest BCUT2D eigenvalue weighted by Gasteiger charge is 2.20. The molecule has 0 aliphatic carbocycles. The van der Waals surface area contributed by atoms with Crippen molar-refractivity contribution in [1.82, 2.24) is 14.9 Å². The molecule has 0 aromatic carbocycles. The van der Waals surface area contributed by atoms with E-state index in [1.165, 1.54) is 19.4 Å². The van der Waals surface area contributed by atoms with Gasteiger partial charge in [-0.15, -0.1) is 0 Å². The lowest BCUT2D eigenvalue weighted by atomic mass is 10.2. The zero-order chi connectivity index (χ0) is 12.1. The highest BCUT2D eigenvalue weighted by atomic mass is 16.5. The van der Waals surface area contributed by atoms with E-state index >= 15 is 0 Å². The zero-order valence-corrected chi connectivity index (χ0v) is 10.3. The molecule has 1 unspecified atom stereocenters. The average Bonchev–Trinajstić information content (AvgIpc) is 2.76. The van der Waals surface area contributed by atoms with Crippen molar-refractivity contribution in [3.63, 3.8) is 0 Å². The molecule has 2 heterocycles. The molecule has 1 fully saturated rings. The van der Waals surface area contributed by atoms with E-state index in [1.54, 1.807) is 12.3 Å². The molecule has 5 nitrogen and oxygen atoms in total. The summed E-state index contributed by atoms with van der Waals surface area (Å²) in [5, 5.41) is 0. The van der Waals surface area contributed by atoms with Gasteiger partial charge < -0.3 is 15.4 Å². The van der Waals surface area contributed by atoms with Crippen molar-refractivity contribution >= 4 is 0 Å². The van der Waals surface area contributed by atoms with Crippen molar-refractivity contribution in [3.05, 3.63) is 18.0 Å². The fraction of sp³-hybridized carbons (Fsp3) is 0.667. The minimum absolute atomic E-state index is 0.421. The number of nitrogens with zero attached hydrogens (tertiary/aromatic N) is 3. The van der Waals surface area contributed by atoms with Crippen LogP contribution in [0.1, 0.15) is 25.0 Å². The Morgan fingerprint density at radius 1 is 1.59 bits per heavy atom. The van der Waals surface area contributed by atoms with Gasteiger partial charge in [-0.25, -0.2) is 4.98 Å². The first-order valence-electron chi connectivity index (χ1n) is 6.14. The van der Waals surface area contributed by atoms with Crippen molar-refractivity contribution < 1.29 is 4.74 Å². The van der Waals surface area contributed by atoms with Gasteiger partial charge in [-0.1, -0.05) is 0 Å². The van der Waals surface area contributed by atoms with Gasteiger partial charge in [0.1, 0.15) is 0 Å². The van der Waals surface area contributed by atoms with E-state index in [1.807, 2.05) is 0 Å². The van der Waals surface area contributed by atoms with Gasteiger partial charge in [0.05, 0.1) is 12.3 Å². The summed E-state index contributed by atoms with van der Waals surface area (Å²) in [5.41, 5.74) is 6.33. The van der Waals surface area contributed by atoms with Gasteiger partial charge in [-0.2, -0.15) is 4.98 Å². The smallest absolute Gasteiger partial charge is 0.316 e. The predicted molar refractivity (Wildman–Crippen MR) is 65.7 cm³/mol. The molecule has 0 spiro atoms. The summed E-state index contributed by atoms with van der Waals surface area (Å²) in [6.45, 7) is 2.29.